The number of ether oxygens (including phenoxy) is 1. The van der Waals surface area contributed by atoms with E-state index in [-0.39, 0.29) is 18.9 Å². The summed E-state index contributed by atoms with van der Waals surface area (Å²) in [6.07, 6.45) is 1.41. The number of methoxy groups -OCH3 is 1. The van der Waals surface area contributed by atoms with Gasteiger partial charge in [0.2, 0.25) is 5.91 Å². The van der Waals surface area contributed by atoms with Crippen molar-refractivity contribution in [3.63, 3.8) is 0 Å². The standard InChI is InChI=1S/C10H11N3O4/c1-17-9(15)6-4-8(14)13(5-6)7-2-3-11-10(16)12-7/h2-3,6H,4-5H2,1H3,(H,11,12,16). The summed E-state index contributed by atoms with van der Waals surface area (Å²) in [7, 11) is 1.28. The van der Waals surface area contributed by atoms with Gasteiger partial charge in [0.25, 0.3) is 0 Å². The number of hydrogen-bond acceptors (Lipinski definition) is 5. The summed E-state index contributed by atoms with van der Waals surface area (Å²) < 4.78 is 4.59. The van der Waals surface area contributed by atoms with Gasteiger partial charge in [-0.25, -0.2) is 9.78 Å². The van der Waals surface area contributed by atoms with E-state index in [1.54, 1.807) is 0 Å². The zero-order chi connectivity index (χ0) is 12.4. The third-order valence-corrected chi connectivity index (χ3v) is 2.61. The minimum absolute atomic E-state index is 0.0943. The average molecular weight is 237 g/mol. The number of nitrogens with one attached hydrogen (secondary N) is 1. The normalized spacial score (nSPS) is 19.5. The summed E-state index contributed by atoms with van der Waals surface area (Å²) in [6.45, 7) is 0.214. The van der Waals surface area contributed by atoms with Crippen molar-refractivity contribution in [1.82, 2.24) is 9.97 Å². The number of amides is 1. The van der Waals surface area contributed by atoms with E-state index in [2.05, 4.69) is 14.7 Å². The Morgan fingerprint density at radius 1 is 1.59 bits per heavy atom. The van der Waals surface area contributed by atoms with Gasteiger partial charge in [0.15, 0.2) is 0 Å². The molecule has 1 fully saturated rings. The Kier molecular flexibility index (Phi) is 2.90. The number of anilines is 1. The topological polar surface area (TPSA) is 92.4 Å². The second-order valence-electron chi connectivity index (χ2n) is 3.69. The van der Waals surface area contributed by atoms with Gasteiger partial charge in [0.05, 0.1) is 13.0 Å². The van der Waals surface area contributed by atoms with Crippen molar-refractivity contribution in [2.75, 3.05) is 18.6 Å². The van der Waals surface area contributed by atoms with Crippen molar-refractivity contribution in [2.45, 2.75) is 6.42 Å². The van der Waals surface area contributed by atoms with Crippen molar-refractivity contribution >= 4 is 17.7 Å². The third kappa shape index (κ3) is 2.17. The molecular formula is C10H11N3O4. The van der Waals surface area contributed by atoms with Crippen LogP contribution in [0.25, 0.3) is 0 Å². The average Bonchev–Trinajstić information content (AvgIpc) is 2.70. The molecule has 0 bridgehead atoms. The van der Waals surface area contributed by atoms with Gasteiger partial charge in [-0.05, 0) is 6.07 Å². The molecule has 1 saturated heterocycles. The Bertz CT molecular complexity index is 510. The Morgan fingerprint density at radius 3 is 3.00 bits per heavy atom. The summed E-state index contributed by atoms with van der Waals surface area (Å²) in [5, 5.41) is 0. The zero-order valence-corrected chi connectivity index (χ0v) is 9.17. The van der Waals surface area contributed by atoms with E-state index in [0.29, 0.717) is 5.82 Å². The molecule has 1 unspecified atom stereocenters. The molecule has 1 aromatic heterocycles. The number of rotatable bonds is 2. The van der Waals surface area contributed by atoms with Gasteiger partial charge in [0, 0.05) is 19.2 Å². The van der Waals surface area contributed by atoms with Crippen LogP contribution in [0.5, 0.6) is 0 Å². The van der Waals surface area contributed by atoms with Gasteiger partial charge in [-0.3, -0.25) is 19.5 Å². The molecule has 0 spiro atoms. The van der Waals surface area contributed by atoms with Gasteiger partial charge < -0.3 is 4.74 Å². The summed E-state index contributed by atoms with van der Waals surface area (Å²) in [5.74, 6) is -0.773. The number of esters is 1. The summed E-state index contributed by atoms with van der Waals surface area (Å²) >= 11 is 0. The van der Waals surface area contributed by atoms with Crippen LogP contribution in [0.2, 0.25) is 0 Å². The first-order valence-electron chi connectivity index (χ1n) is 5.05. The van der Waals surface area contributed by atoms with Crippen LogP contribution in [0.15, 0.2) is 17.1 Å². The van der Waals surface area contributed by atoms with Gasteiger partial charge in [-0.1, -0.05) is 0 Å². The Balaban J connectivity index is 2.21. The Labute approximate surface area is 96.4 Å². The largest absolute Gasteiger partial charge is 0.469 e. The van der Waals surface area contributed by atoms with Crippen LogP contribution >= 0.6 is 0 Å². The first kappa shape index (κ1) is 11.3. The molecule has 0 aliphatic carbocycles. The maximum atomic E-state index is 11.7. The van der Waals surface area contributed by atoms with Gasteiger partial charge >= 0.3 is 11.7 Å². The minimum atomic E-state index is -0.531. The third-order valence-electron chi connectivity index (χ3n) is 2.61. The fourth-order valence-electron chi connectivity index (χ4n) is 1.78. The molecule has 17 heavy (non-hydrogen) atoms. The van der Waals surface area contributed by atoms with Crippen LogP contribution in [0.1, 0.15) is 6.42 Å². The molecule has 1 aliphatic heterocycles. The molecule has 2 heterocycles. The first-order chi connectivity index (χ1) is 8.11. The van der Waals surface area contributed by atoms with E-state index < -0.39 is 17.6 Å². The molecule has 7 heteroatoms. The summed E-state index contributed by atoms with van der Waals surface area (Å²) in [5.41, 5.74) is -0.531. The van der Waals surface area contributed by atoms with Crippen molar-refractivity contribution in [2.24, 2.45) is 5.92 Å². The predicted octanol–water partition coefficient (Wildman–Crippen LogP) is -0.704. The van der Waals surface area contributed by atoms with Gasteiger partial charge in [0.1, 0.15) is 5.82 Å². The number of H-pyrrole nitrogens is 1. The van der Waals surface area contributed by atoms with E-state index in [1.165, 1.54) is 24.3 Å². The highest BCUT2D eigenvalue weighted by molar-refractivity contribution is 5.98. The highest BCUT2D eigenvalue weighted by Crippen LogP contribution is 2.23. The molecule has 0 saturated carbocycles. The highest BCUT2D eigenvalue weighted by Gasteiger charge is 2.36. The molecule has 1 atom stereocenters. The molecular weight excluding hydrogens is 226 g/mol. The molecule has 0 radical (unpaired) electrons. The number of aromatic nitrogens is 2. The van der Waals surface area contributed by atoms with Crippen LogP contribution in [0.3, 0.4) is 0 Å². The van der Waals surface area contributed by atoms with Gasteiger partial charge in [-0.15, -0.1) is 0 Å². The fourth-order valence-corrected chi connectivity index (χ4v) is 1.78. The molecule has 1 aliphatic rings. The quantitative estimate of drug-likeness (QED) is 0.686. The predicted molar refractivity (Wildman–Crippen MR) is 57.3 cm³/mol. The van der Waals surface area contributed by atoms with Crippen LogP contribution < -0.4 is 10.6 Å². The number of carbonyl (C=O) groups excluding carboxylic acids is 2. The molecule has 1 amide bonds. The fraction of sp³-hybridized carbons (Fsp3) is 0.400. The van der Waals surface area contributed by atoms with Crippen molar-refractivity contribution in [3.05, 3.63) is 22.7 Å². The SMILES string of the molecule is COC(=O)C1CC(=O)N(c2ccnc(=O)[nH]2)C1. The van der Waals surface area contributed by atoms with Crippen LogP contribution in [-0.4, -0.2) is 35.5 Å². The summed E-state index contributed by atoms with van der Waals surface area (Å²) in [6, 6.07) is 1.51. The monoisotopic (exact) mass is 237 g/mol. The van der Waals surface area contributed by atoms with Gasteiger partial charge in [-0.2, -0.15) is 0 Å². The zero-order valence-electron chi connectivity index (χ0n) is 9.17. The number of nitrogens with zero attached hydrogens (tertiary/aromatic N) is 2. The molecule has 0 aromatic carbocycles. The van der Waals surface area contributed by atoms with Crippen molar-refractivity contribution in [1.29, 1.82) is 0 Å². The Morgan fingerprint density at radius 2 is 2.35 bits per heavy atom. The minimum Gasteiger partial charge on any atom is -0.469 e. The second-order valence-corrected chi connectivity index (χ2v) is 3.69. The van der Waals surface area contributed by atoms with E-state index in [4.69, 9.17) is 0 Å². The van der Waals surface area contributed by atoms with Crippen molar-refractivity contribution in [3.8, 4) is 0 Å². The highest BCUT2D eigenvalue weighted by atomic mass is 16.5. The van der Waals surface area contributed by atoms with Crippen LogP contribution in [-0.2, 0) is 14.3 Å². The molecule has 90 valence electrons. The number of hydrogen-bond donors (Lipinski definition) is 1. The first-order valence-corrected chi connectivity index (χ1v) is 5.05. The lowest BCUT2D eigenvalue weighted by Crippen LogP contribution is -2.29. The maximum absolute atomic E-state index is 11.7. The van der Waals surface area contributed by atoms with E-state index in [9.17, 15) is 14.4 Å². The smallest absolute Gasteiger partial charge is 0.346 e. The lowest BCUT2D eigenvalue weighted by molar-refractivity contribution is -0.145. The molecule has 1 N–H and O–H groups in total. The number of carbonyl (C=O) groups is 2. The van der Waals surface area contributed by atoms with Crippen LogP contribution in [0.4, 0.5) is 5.82 Å². The molecule has 7 nitrogen and oxygen atoms in total. The maximum Gasteiger partial charge on any atom is 0.346 e. The molecule has 2 rings (SSSR count). The lowest BCUT2D eigenvalue weighted by atomic mass is 10.1. The molecule has 1 aromatic rings. The Hall–Kier alpha value is -2.18. The second kappa shape index (κ2) is 4.36. The number of aromatic amines is 1. The van der Waals surface area contributed by atoms with E-state index in [0.717, 1.165) is 0 Å². The lowest BCUT2D eigenvalue weighted by Gasteiger charge is -2.14. The van der Waals surface area contributed by atoms with Crippen LogP contribution in [0, 0.1) is 5.92 Å². The van der Waals surface area contributed by atoms with E-state index in [1.807, 2.05) is 0 Å². The van der Waals surface area contributed by atoms with E-state index >= 15 is 0 Å². The van der Waals surface area contributed by atoms with Crippen molar-refractivity contribution < 1.29 is 14.3 Å². The summed E-state index contributed by atoms with van der Waals surface area (Å²) in [4.78, 5) is 41.3.